The molecule has 0 saturated carbocycles. The van der Waals surface area contributed by atoms with Crippen molar-refractivity contribution in [2.75, 3.05) is 26.7 Å². The summed E-state index contributed by atoms with van der Waals surface area (Å²) in [5.74, 6) is 0.263. The van der Waals surface area contributed by atoms with Gasteiger partial charge in [0, 0.05) is 26.1 Å². The fourth-order valence-electron chi connectivity index (χ4n) is 1.58. The number of hydrogen-bond acceptors (Lipinski definition) is 3. The first-order chi connectivity index (χ1) is 6.18. The predicted molar refractivity (Wildman–Crippen MR) is 51.8 cm³/mol. The molecule has 1 aliphatic rings. The standard InChI is InChI=1S/C10H19NO2/c1-9(12)5-6-11(2)8-10-4-3-7-13-10/h10H,3-8H2,1-2H3. The highest BCUT2D eigenvalue weighted by atomic mass is 16.5. The number of carbonyl (C=O) groups is 1. The fourth-order valence-corrected chi connectivity index (χ4v) is 1.58. The molecule has 0 spiro atoms. The third-order valence-corrected chi connectivity index (χ3v) is 2.38. The van der Waals surface area contributed by atoms with Crippen LogP contribution in [0.25, 0.3) is 0 Å². The maximum absolute atomic E-state index is 10.7. The van der Waals surface area contributed by atoms with Gasteiger partial charge in [0.15, 0.2) is 0 Å². The van der Waals surface area contributed by atoms with Gasteiger partial charge in [-0.3, -0.25) is 4.79 Å². The van der Waals surface area contributed by atoms with Crippen molar-refractivity contribution in [3.05, 3.63) is 0 Å². The number of rotatable bonds is 5. The van der Waals surface area contributed by atoms with E-state index in [2.05, 4.69) is 4.90 Å². The molecule has 3 heteroatoms. The Morgan fingerprint density at radius 2 is 2.38 bits per heavy atom. The lowest BCUT2D eigenvalue weighted by Gasteiger charge is -2.19. The van der Waals surface area contributed by atoms with Gasteiger partial charge in [0.25, 0.3) is 0 Å². The van der Waals surface area contributed by atoms with Crippen LogP contribution < -0.4 is 0 Å². The van der Waals surface area contributed by atoms with Crippen LogP contribution >= 0.6 is 0 Å². The first-order valence-electron chi connectivity index (χ1n) is 4.98. The van der Waals surface area contributed by atoms with Gasteiger partial charge in [0.2, 0.25) is 0 Å². The van der Waals surface area contributed by atoms with E-state index >= 15 is 0 Å². The van der Waals surface area contributed by atoms with Gasteiger partial charge < -0.3 is 9.64 Å². The van der Waals surface area contributed by atoms with Crippen LogP contribution in [0.5, 0.6) is 0 Å². The van der Waals surface area contributed by atoms with Crippen LogP contribution in [-0.4, -0.2) is 43.5 Å². The Kier molecular flexibility index (Phi) is 4.39. The van der Waals surface area contributed by atoms with Crippen LogP contribution in [0.4, 0.5) is 0 Å². The van der Waals surface area contributed by atoms with E-state index in [1.54, 1.807) is 6.92 Å². The highest BCUT2D eigenvalue weighted by Crippen LogP contribution is 2.12. The van der Waals surface area contributed by atoms with Crippen molar-refractivity contribution < 1.29 is 9.53 Å². The molecule has 0 radical (unpaired) electrons. The third kappa shape index (κ3) is 4.39. The molecule has 1 heterocycles. The van der Waals surface area contributed by atoms with Gasteiger partial charge in [-0.05, 0) is 26.8 Å². The monoisotopic (exact) mass is 185 g/mol. The summed E-state index contributed by atoms with van der Waals surface area (Å²) in [6, 6.07) is 0. The van der Waals surface area contributed by atoms with Gasteiger partial charge in [-0.1, -0.05) is 0 Å². The van der Waals surface area contributed by atoms with Crippen LogP contribution in [0, 0.1) is 0 Å². The molecule has 1 atom stereocenters. The molecular formula is C10H19NO2. The van der Waals surface area contributed by atoms with Gasteiger partial charge in [0.05, 0.1) is 6.10 Å². The van der Waals surface area contributed by atoms with Gasteiger partial charge in [-0.2, -0.15) is 0 Å². The minimum Gasteiger partial charge on any atom is -0.377 e. The van der Waals surface area contributed by atoms with E-state index in [-0.39, 0.29) is 5.78 Å². The van der Waals surface area contributed by atoms with E-state index in [1.165, 1.54) is 12.8 Å². The second kappa shape index (κ2) is 5.35. The van der Waals surface area contributed by atoms with Crippen LogP contribution in [0.2, 0.25) is 0 Å². The minimum absolute atomic E-state index is 0.263. The molecule has 0 aromatic heterocycles. The topological polar surface area (TPSA) is 29.5 Å². The smallest absolute Gasteiger partial charge is 0.131 e. The SMILES string of the molecule is CC(=O)CCN(C)CC1CCCO1. The van der Waals surface area contributed by atoms with Crippen LogP contribution in [0.1, 0.15) is 26.2 Å². The maximum atomic E-state index is 10.7. The zero-order valence-corrected chi connectivity index (χ0v) is 8.58. The Bertz CT molecular complexity index is 164. The van der Waals surface area contributed by atoms with Crippen molar-refractivity contribution in [1.29, 1.82) is 0 Å². The predicted octanol–water partition coefficient (Wildman–Crippen LogP) is 1.08. The van der Waals surface area contributed by atoms with Crippen molar-refractivity contribution in [1.82, 2.24) is 4.90 Å². The van der Waals surface area contributed by atoms with Gasteiger partial charge in [-0.15, -0.1) is 0 Å². The molecule has 1 fully saturated rings. The molecule has 1 unspecified atom stereocenters. The lowest BCUT2D eigenvalue weighted by molar-refractivity contribution is -0.117. The Hall–Kier alpha value is -0.410. The van der Waals surface area contributed by atoms with Crippen LogP contribution in [0.15, 0.2) is 0 Å². The first kappa shape index (κ1) is 10.7. The molecule has 1 saturated heterocycles. The first-order valence-corrected chi connectivity index (χ1v) is 4.98. The van der Waals surface area contributed by atoms with E-state index in [9.17, 15) is 4.79 Å². The van der Waals surface area contributed by atoms with Gasteiger partial charge in [-0.25, -0.2) is 0 Å². The number of ketones is 1. The van der Waals surface area contributed by atoms with E-state index in [0.717, 1.165) is 19.7 Å². The Labute approximate surface area is 80.1 Å². The summed E-state index contributed by atoms with van der Waals surface area (Å²) in [5, 5.41) is 0. The summed E-state index contributed by atoms with van der Waals surface area (Å²) < 4.78 is 5.50. The molecule has 3 nitrogen and oxygen atoms in total. The second-order valence-corrected chi connectivity index (χ2v) is 3.85. The molecule has 0 aromatic rings. The zero-order valence-electron chi connectivity index (χ0n) is 8.58. The number of carbonyl (C=O) groups excluding carboxylic acids is 1. The molecular weight excluding hydrogens is 166 g/mol. The quantitative estimate of drug-likeness (QED) is 0.642. The molecule has 0 N–H and O–H groups in total. The molecule has 13 heavy (non-hydrogen) atoms. The summed E-state index contributed by atoms with van der Waals surface area (Å²) in [4.78, 5) is 12.9. The number of hydrogen-bond donors (Lipinski definition) is 0. The normalized spacial score (nSPS) is 22.5. The zero-order chi connectivity index (χ0) is 9.68. The van der Waals surface area contributed by atoms with E-state index in [4.69, 9.17) is 4.74 Å². The summed E-state index contributed by atoms with van der Waals surface area (Å²) >= 11 is 0. The molecule has 0 aliphatic carbocycles. The third-order valence-electron chi connectivity index (χ3n) is 2.38. The Balaban J connectivity index is 2.09. The average Bonchev–Trinajstić information content (AvgIpc) is 2.53. The number of Topliss-reactive ketones (excluding diaryl/α,β-unsaturated/α-hetero) is 1. The summed E-state index contributed by atoms with van der Waals surface area (Å²) in [6.07, 6.45) is 3.41. The van der Waals surface area contributed by atoms with E-state index in [1.807, 2.05) is 7.05 Å². The molecule has 0 bridgehead atoms. The summed E-state index contributed by atoms with van der Waals surface area (Å²) in [5.41, 5.74) is 0. The highest BCUT2D eigenvalue weighted by molar-refractivity contribution is 5.75. The van der Waals surface area contributed by atoms with Crippen molar-refractivity contribution in [2.45, 2.75) is 32.3 Å². The maximum Gasteiger partial charge on any atom is 0.131 e. The van der Waals surface area contributed by atoms with Crippen LogP contribution in [0.3, 0.4) is 0 Å². The molecule has 1 rings (SSSR count). The number of nitrogens with zero attached hydrogens (tertiary/aromatic N) is 1. The lowest BCUT2D eigenvalue weighted by Crippen LogP contribution is -2.30. The molecule has 0 aromatic carbocycles. The Morgan fingerprint density at radius 3 is 2.92 bits per heavy atom. The lowest BCUT2D eigenvalue weighted by atomic mass is 10.2. The van der Waals surface area contributed by atoms with Crippen LogP contribution in [-0.2, 0) is 9.53 Å². The van der Waals surface area contributed by atoms with Gasteiger partial charge in [0.1, 0.15) is 5.78 Å². The number of likely N-dealkylation sites (N-methyl/N-ethyl adjacent to an activating group) is 1. The van der Waals surface area contributed by atoms with Crippen molar-refractivity contribution in [3.8, 4) is 0 Å². The average molecular weight is 185 g/mol. The molecule has 76 valence electrons. The van der Waals surface area contributed by atoms with Gasteiger partial charge >= 0.3 is 0 Å². The number of ether oxygens (including phenoxy) is 1. The molecule has 1 aliphatic heterocycles. The second-order valence-electron chi connectivity index (χ2n) is 3.85. The molecule has 0 amide bonds. The van der Waals surface area contributed by atoms with Crippen molar-refractivity contribution >= 4 is 5.78 Å². The summed E-state index contributed by atoms with van der Waals surface area (Å²) in [7, 11) is 2.05. The fraction of sp³-hybridized carbons (Fsp3) is 0.900. The largest absolute Gasteiger partial charge is 0.377 e. The minimum atomic E-state index is 0.263. The van der Waals surface area contributed by atoms with E-state index < -0.39 is 0 Å². The van der Waals surface area contributed by atoms with Crippen molar-refractivity contribution in [3.63, 3.8) is 0 Å². The highest BCUT2D eigenvalue weighted by Gasteiger charge is 2.16. The van der Waals surface area contributed by atoms with E-state index in [0.29, 0.717) is 12.5 Å². The summed E-state index contributed by atoms with van der Waals surface area (Å²) in [6.45, 7) is 4.37. The Morgan fingerprint density at radius 1 is 1.62 bits per heavy atom. The van der Waals surface area contributed by atoms with Crippen molar-refractivity contribution in [2.24, 2.45) is 0 Å².